The van der Waals surface area contributed by atoms with Crippen molar-refractivity contribution in [3.05, 3.63) is 23.2 Å². The number of nitrogens with one attached hydrogen (secondary N) is 1. The van der Waals surface area contributed by atoms with E-state index in [1.807, 2.05) is 0 Å². The van der Waals surface area contributed by atoms with Crippen molar-refractivity contribution in [2.75, 3.05) is 18.4 Å². The summed E-state index contributed by atoms with van der Waals surface area (Å²) in [4.78, 5) is 12.3. The number of rotatable bonds is 5. The average molecular weight is 422 g/mol. The van der Waals surface area contributed by atoms with Gasteiger partial charge in [0.15, 0.2) is 0 Å². The third-order valence-electron chi connectivity index (χ3n) is 5.06. The number of carbonyl (C=O) groups excluding carboxylic acids is 1. The minimum Gasteiger partial charge on any atom is -0.327 e. The Morgan fingerprint density at radius 2 is 1.92 bits per heavy atom. The van der Waals surface area contributed by atoms with Crippen LogP contribution in [0.25, 0.3) is 0 Å². The average Bonchev–Trinajstić information content (AvgIpc) is 3.22. The zero-order valence-electron chi connectivity index (χ0n) is 14.5. The first-order valence-electron chi connectivity index (χ1n) is 8.73. The fourth-order valence-electron chi connectivity index (χ4n) is 3.62. The van der Waals surface area contributed by atoms with Crippen molar-refractivity contribution >= 4 is 45.6 Å². The summed E-state index contributed by atoms with van der Waals surface area (Å²) >= 11 is 6.12. The zero-order chi connectivity index (χ0) is 18.0. The molecule has 1 saturated carbocycles. The van der Waals surface area contributed by atoms with Gasteiger partial charge in [-0.2, -0.15) is 4.31 Å². The van der Waals surface area contributed by atoms with Gasteiger partial charge in [0.05, 0.1) is 5.02 Å². The SMILES string of the molecule is Cl.N[C@@H]1CCC[C@H]1CC(=O)Nc1ccc(Cl)c(S(=O)(=O)N2CCCC2)c1. The Bertz CT molecular complexity index is 752. The van der Waals surface area contributed by atoms with Crippen molar-refractivity contribution in [1.82, 2.24) is 4.31 Å². The highest BCUT2D eigenvalue weighted by atomic mass is 35.5. The second kappa shape index (κ2) is 8.89. The molecule has 6 nitrogen and oxygen atoms in total. The van der Waals surface area contributed by atoms with Crippen LogP contribution in [0.2, 0.25) is 5.02 Å². The van der Waals surface area contributed by atoms with Crippen molar-refractivity contribution < 1.29 is 13.2 Å². The third-order valence-corrected chi connectivity index (χ3v) is 7.44. The standard InChI is InChI=1S/C17H24ClN3O3S.ClH/c18-14-7-6-13(20-17(22)10-12-4-3-5-15(12)19)11-16(14)25(23,24)21-8-1-2-9-21;/h6-7,11-12,15H,1-5,8-10,19H2,(H,20,22);1H/t12-,15+;/m0./s1. The van der Waals surface area contributed by atoms with Crippen LogP contribution in [-0.4, -0.2) is 37.8 Å². The minimum absolute atomic E-state index is 0. The van der Waals surface area contributed by atoms with Gasteiger partial charge in [-0.1, -0.05) is 18.0 Å². The number of sulfonamides is 1. The Balaban J connectivity index is 0.00000243. The van der Waals surface area contributed by atoms with Crippen LogP contribution < -0.4 is 11.1 Å². The third kappa shape index (κ3) is 4.70. The van der Waals surface area contributed by atoms with E-state index >= 15 is 0 Å². The molecule has 1 aliphatic carbocycles. The number of benzene rings is 1. The van der Waals surface area contributed by atoms with Gasteiger partial charge in [0.2, 0.25) is 15.9 Å². The van der Waals surface area contributed by atoms with Crippen LogP contribution in [0.5, 0.6) is 0 Å². The van der Waals surface area contributed by atoms with Crippen molar-refractivity contribution in [2.45, 2.75) is 49.5 Å². The van der Waals surface area contributed by atoms with Crippen molar-refractivity contribution in [3.63, 3.8) is 0 Å². The minimum atomic E-state index is -3.63. The first-order chi connectivity index (χ1) is 11.9. The Morgan fingerprint density at radius 1 is 1.23 bits per heavy atom. The molecular weight excluding hydrogens is 397 g/mol. The van der Waals surface area contributed by atoms with Crippen LogP contribution in [0.3, 0.4) is 0 Å². The lowest BCUT2D eigenvalue weighted by molar-refractivity contribution is -0.117. The van der Waals surface area contributed by atoms with Crippen molar-refractivity contribution in [2.24, 2.45) is 11.7 Å². The molecule has 1 saturated heterocycles. The molecule has 1 amide bonds. The van der Waals surface area contributed by atoms with Gasteiger partial charge in [-0.3, -0.25) is 4.79 Å². The van der Waals surface area contributed by atoms with E-state index in [0.29, 0.717) is 25.2 Å². The summed E-state index contributed by atoms with van der Waals surface area (Å²) in [5.74, 6) is 0.0503. The number of amides is 1. The van der Waals surface area contributed by atoms with E-state index in [0.717, 1.165) is 32.1 Å². The van der Waals surface area contributed by atoms with Crippen LogP contribution in [0.1, 0.15) is 38.5 Å². The van der Waals surface area contributed by atoms with Gasteiger partial charge in [-0.25, -0.2) is 8.42 Å². The summed E-state index contributed by atoms with van der Waals surface area (Å²) < 4.78 is 26.9. The molecule has 1 heterocycles. The molecule has 0 bridgehead atoms. The molecule has 0 spiro atoms. The zero-order valence-corrected chi connectivity index (χ0v) is 16.9. The summed E-state index contributed by atoms with van der Waals surface area (Å²) in [5.41, 5.74) is 6.45. The van der Waals surface area contributed by atoms with Gasteiger partial charge in [0.25, 0.3) is 0 Å². The first-order valence-corrected chi connectivity index (χ1v) is 10.5. The fourth-order valence-corrected chi connectivity index (χ4v) is 5.63. The molecule has 3 N–H and O–H groups in total. The van der Waals surface area contributed by atoms with Gasteiger partial charge in [-0.15, -0.1) is 12.4 Å². The van der Waals surface area contributed by atoms with E-state index in [4.69, 9.17) is 17.3 Å². The fraction of sp³-hybridized carbons (Fsp3) is 0.588. The second-order valence-corrected chi connectivity index (χ2v) is 9.18. The first kappa shape index (κ1) is 21.4. The number of hydrogen-bond acceptors (Lipinski definition) is 4. The molecule has 1 aromatic rings. The number of halogens is 2. The number of nitrogens with two attached hydrogens (primary N) is 1. The predicted octanol–water partition coefficient (Wildman–Crippen LogP) is 3.00. The summed E-state index contributed by atoms with van der Waals surface area (Å²) in [7, 11) is -3.63. The van der Waals surface area contributed by atoms with Gasteiger partial charge in [-0.05, 0) is 49.8 Å². The smallest absolute Gasteiger partial charge is 0.244 e. The Hall–Kier alpha value is -0.860. The maximum Gasteiger partial charge on any atom is 0.244 e. The van der Waals surface area contributed by atoms with E-state index in [-0.39, 0.29) is 40.2 Å². The maximum atomic E-state index is 12.7. The molecular formula is C17H25Cl2N3O3S. The van der Waals surface area contributed by atoms with E-state index in [9.17, 15) is 13.2 Å². The molecule has 2 atom stereocenters. The highest BCUT2D eigenvalue weighted by molar-refractivity contribution is 7.89. The largest absolute Gasteiger partial charge is 0.327 e. The van der Waals surface area contributed by atoms with E-state index < -0.39 is 10.0 Å². The monoisotopic (exact) mass is 421 g/mol. The van der Waals surface area contributed by atoms with E-state index in [1.54, 1.807) is 6.07 Å². The molecule has 9 heteroatoms. The van der Waals surface area contributed by atoms with Crippen LogP contribution in [0.15, 0.2) is 23.1 Å². The Morgan fingerprint density at radius 3 is 2.54 bits per heavy atom. The van der Waals surface area contributed by atoms with Crippen molar-refractivity contribution in [1.29, 1.82) is 0 Å². The lowest BCUT2D eigenvalue weighted by Crippen LogP contribution is -2.29. The second-order valence-electron chi connectivity index (χ2n) is 6.86. The van der Waals surface area contributed by atoms with Gasteiger partial charge < -0.3 is 11.1 Å². The number of hydrogen-bond donors (Lipinski definition) is 2. The number of anilines is 1. The maximum absolute atomic E-state index is 12.7. The highest BCUT2D eigenvalue weighted by Crippen LogP contribution is 2.30. The van der Waals surface area contributed by atoms with Crippen LogP contribution >= 0.6 is 24.0 Å². The molecule has 26 heavy (non-hydrogen) atoms. The molecule has 2 aliphatic rings. The molecule has 1 aliphatic heterocycles. The van der Waals surface area contributed by atoms with E-state index in [2.05, 4.69) is 5.32 Å². The number of carbonyl (C=O) groups is 1. The lowest BCUT2D eigenvalue weighted by Gasteiger charge is -2.18. The highest BCUT2D eigenvalue weighted by Gasteiger charge is 2.30. The Labute approximate surface area is 165 Å². The summed E-state index contributed by atoms with van der Waals surface area (Å²) in [5, 5.41) is 2.95. The summed E-state index contributed by atoms with van der Waals surface area (Å²) in [6.45, 7) is 1.02. The van der Waals surface area contributed by atoms with Crippen molar-refractivity contribution in [3.8, 4) is 0 Å². The summed E-state index contributed by atoms with van der Waals surface area (Å²) in [6.07, 6.45) is 5.04. The van der Waals surface area contributed by atoms with Crippen LogP contribution in [0.4, 0.5) is 5.69 Å². The quantitative estimate of drug-likeness (QED) is 0.763. The predicted molar refractivity (Wildman–Crippen MR) is 105 cm³/mol. The van der Waals surface area contributed by atoms with E-state index in [1.165, 1.54) is 16.4 Å². The van der Waals surface area contributed by atoms with Gasteiger partial charge in [0.1, 0.15) is 4.90 Å². The molecule has 3 rings (SSSR count). The van der Waals surface area contributed by atoms with Gasteiger partial charge in [0, 0.05) is 31.2 Å². The van der Waals surface area contributed by atoms with Gasteiger partial charge >= 0.3 is 0 Å². The molecule has 0 radical (unpaired) electrons. The molecule has 146 valence electrons. The lowest BCUT2D eigenvalue weighted by atomic mass is 10.00. The van der Waals surface area contributed by atoms with Crippen LogP contribution in [-0.2, 0) is 14.8 Å². The molecule has 0 aromatic heterocycles. The normalized spacial score (nSPS) is 23.6. The topological polar surface area (TPSA) is 92.5 Å². The van der Waals surface area contributed by atoms with Crippen LogP contribution in [0, 0.1) is 5.92 Å². The molecule has 1 aromatic carbocycles. The Kier molecular flexibility index (Phi) is 7.33. The molecule has 2 fully saturated rings. The summed E-state index contributed by atoms with van der Waals surface area (Å²) in [6, 6.07) is 4.66. The number of nitrogens with zero attached hydrogens (tertiary/aromatic N) is 1. The molecule has 0 unspecified atom stereocenters.